The molecule has 0 N–H and O–H groups in total. The highest BCUT2D eigenvalue weighted by Crippen LogP contribution is 2.29. The van der Waals surface area contributed by atoms with Crippen LogP contribution in [-0.4, -0.2) is 32.8 Å². The van der Waals surface area contributed by atoms with E-state index in [1.54, 1.807) is 0 Å². The Balaban J connectivity index is 1.55. The van der Waals surface area contributed by atoms with Crippen molar-refractivity contribution in [3.05, 3.63) is 47.9 Å². The molecule has 3 aromatic rings. The zero-order chi connectivity index (χ0) is 15.8. The van der Waals surface area contributed by atoms with Gasteiger partial charge in [0.05, 0.1) is 11.2 Å². The van der Waals surface area contributed by atoms with Crippen molar-refractivity contribution in [2.45, 2.75) is 25.7 Å². The molecule has 0 saturated carbocycles. The minimum absolute atomic E-state index is 0.584. The van der Waals surface area contributed by atoms with Gasteiger partial charge in [-0.05, 0) is 31.9 Å². The van der Waals surface area contributed by atoms with Crippen LogP contribution in [0.15, 0.2) is 36.5 Å². The number of aryl methyl sites for hydroxylation is 2. The molecular weight excluding hydrogens is 286 g/mol. The Kier molecular flexibility index (Phi) is 3.48. The van der Waals surface area contributed by atoms with Crippen LogP contribution in [0.3, 0.4) is 0 Å². The summed E-state index contributed by atoms with van der Waals surface area (Å²) in [5.41, 5.74) is 3.42. The molecule has 0 bridgehead atoms. The minimum Gasteiger partial charge on any atom is -0.341 e. The number of nitrogens with zero attached hydrogens (tertiary/aromatic N) is 5. The number of fused-ring (bicyclic) bond motifs is 1. The highest BCUT2D eigenvalue weighted by atomic mass is 15.3. The molecule has 2 aromatic heterocycles. The molecule has 0 unspecified atom stereocenters. The van der Waals surface area contributed by atoms with Crippen LogP contribution >= 0.6 is 0 Å². The van der Waals surface area contributed by atoms with Gasteiger partial charge in [-0.1, -0.05) is 18.2 Å². The third-order valence-electron chi connectivity index (χ3n) is 4.84. The molecule has 5 nitrogen and oxygen atoms in total. The van der Waals surface area contributed by atoms with E-state index in [0.29, 0.717) is 5.92 Å². The first-order valence-electron chi connectivity index (χ1n) is 8.18. The molecule has 0 atom stereocenters. The van der Waals surface area contributed by atoms with Crippen LogP contribution < -0.4 is 4.90 Å². The highest BCUT2D eigenvalue weighted by Gasteiger charge is 2.24. The topological polar surface area (TPSA) is 46.8 Å². The summed E-state index contributed by atoms with van der Waals surface area (Å²) in [4.78, 5) is 11.8. The van der Waals surface area contributed by atoms with E-state index >= 15 is 0 Å². The standard InChI is InChI=1S/C18H21N5/c1-13-15-5-3-4-6-16(15)21-18(20-13)23-11-8-14(9-12-23)17-7-10-19-22(17)2/h3-7,10,14H,8-9,11-12H2,1-2H3. The third-order valence-corrected chi connectivity index (χ3v) is 4.84. The molecule has 1 aliphatic rings. The average molecular weight is 307 g/mol. The molecule has 1 fully saturated rings. The van der Waals surface area contributed by atoms with Crippen LogP contribution in [0.1, 0.15) is 30.1 Å². The molecule has 5 heteroatoms. The van der Waals surface area contributed by atoms with Crippen LogP contribution in [0.25, 0.3) is 10.9 Å². The Hall–Kier alpha value is -2.43. The maximum Gasteiger partial charge on any atom is 0.226 e. The second-order valence-corrected chi connectivity index (χ2v) is 6.27. The number of hydrogen-bond donors (Lipinski definition) is 0. The summed E-state index contributed by atoms with van der Waals surface area (Å²) in [5.74, 6) is 1.45. The fourth-order valence-electron chi connectivity index (χ4n) is 3.52. The van der Waals surface area contributed by atoms with E-state index in [0.717, 1.165) is 48.5 Å². The normalized spacial score (nSPS) is 16.2. The van der Waals surface area contributed by atoms with Gasteiger partial charge < -0.3 is 4.90 Å². The van der Waals surface area contributed by atoms with Crippen molar-refractivity contribution in [1.82, 2.24) is 19.7 Å². The average Bonchev–Trinajstić information content (AvgIpc) is 3.01. The molecular formula is C18H21N5. The van der Waals surface area contributed by atoms with Gasteiger partial charge in [0.1, 0.15) is 0 Å². The summed E-state index contributed by atoms with van der Waals surface area (Å²) in [7, 11) is 2.03. The van der Waals surface area contributed by atoms with Crippen LogP contribution in [0.2, 0.25) is 0 Å². The fraction of sp³-hybridized carbons (Fsp3) is 0.389. The van der Waals surface area contributed by atoms with Crippen LogP contribution in [-0.2, 0) is 7.05 Å². The Morgan fingerprint density at radius 3 is 2.57 bits per heavy atom. The van der Waals surface area contributed by atoms with Gasteiger partial charge in [0.25, 0.3) is 0 Å². The van der Waals surface area contributed by atoms with Crippen molar-refractivity contribution in [1.29, 1.82) is 0 Å². The zero-order valence-corrected chi connectivity index (χ0v) is 13.6. The fourth-order valence-corrected chi connectivity index (χ4v) is 3.52. The van der Waals surface area contributed by atoms with E-state index in [2.05, 4.69) is 35.1 Å². The first kappa shape index (κ1) is 14.2. The summed E-state index contributed by atoms with van der Waals surface area (Å²) < 4.78 is 2.00. The van der Waals surface area contributed by atoms with Crippen molar-refractivity contribution < 1.29 is 0 Å². The van der Waals surface area contributed by atoms with E-state index < -0.39 is 0 Å². The number of benzene rings is 1. The number of aromatic nitrogens is 4. The summed E-state index contributed by atoms with van der Waals surface area (Å²) in [6, 6.07) is 10.4. The number of piperidine rings is 1. The summed E-state index contributed by atoms with van der Waals surface area (Å²) in [6.45, 7) is 4.05. The van der Waals surface area contributed by atoms with E-state index in [9.17, 15) is 0 Å². The lowest BCUT2D eigenvalue weighted by Crippen LogP contribution is -2.34. The SMILES string of the molecule is Cc1nc(N2CCC(c3ccnn3C)CC2)nc2ccccc12. The lowest BCUT2D eigenvalue weighted by atomic mass is 9.93. The van der Waals surface area contributed by atoms with Gasteiger partial charge in [-0.25, -0.2) is 9.97 Å². The molecule has 0 spiro atoms. The summed E-state index contributed by atoms with van der Waals surface area (Å²) >= 11 is 0. The van der Waals surface area contributed by atoms with Crippen molar-refractivity contribution in [3.8, 4) is 0 Å². The molecule has 0 aliphatic carbocycles. The molecule has 1 aromatic carbocycles. The van der Waals surface area contributed by atoms with E-state index in [1.165, 1.54) is 5.69 Å². The lowest BCUT2D eigenvalue weighted by Gasteiger charge is -2.32. The molecule has 3 heterocycles. The smallest absolute Gasteiger partial charge is 0.226 e. The largest absolute Gasteiger partial charge is 0.341 e. The first-order valence-corrected chi connectivity index (χ1v) is 8.18. The third kappa shape index (κ3) is 2.56. The minimum atomic E-state index is 0.584. The molecule has 0 amide bonds. The van der Waals surface area contributed by atoms with Gasteiger partial charge in [-0.2, -0.15) is 5.10 Å². The van der Waals surface area contributed by atoms with Gasteiger partial charge in [0.15, 0.2) is 0 Å². The van der Waals surface area contributed by atoms with Gasteiger partial charge in [0, 0.05) is 43.3 Å². The molecule has 23 heavy (non-hydrogen) atoms. The van der Waals surface area contributed by atoms with E-state index in [1.807, 2.05) is 30.1 Å². The second-order valence-electron chi connectivity index (χ2n) is 6.27. The molecule has 4 rings (SSSR count). The summed E-state index contributed by atoms with van der Waals surface area (Å²) in [5, 5.41) is 5.43. The van der Waals surface area contributed by atoms with Gasteiger partial charge in [0.2, 0.25) is 5.95 Å². The maximum absolute atomic E-state index is 4.76. The number of para-hydroxylation sites is 1. The first-order chi connectivity index (χ1) is 11.2. The van der Waals surface area contributed by atoms with Crippen molar-refractivity contribution in [2.75, 3.05) is 18.0 Å². The quantitative estimate of drug-likeness (QED) is 0.730. The monoisotopic (exact) mass is 307 g/mol. The number of anilines is 1. The van der Waals surface area contributed by atoms with E-state index in [4.69, 9.17) is 9.97 Å². The van der Waals surface area contributed by atoms with Crippen molar-refractivity contribution >= 4 is 16.9 Å². The molecule has 0 radical (unpaired) electrons. The highest BCUT2D eigenvalue weighted by molar-refractivity contribution is 5.81. The summed E-state index contributed by atoms with van der Waals surface area (Å²) in [6.07, 6.45) is 4.13. The second kappa shape index (κ2) is 5.65. The van der Waals surface area contributed by atoms with Crippen LogP contribution in [0.5, 0.6) is 0 Å². The predicted octanol–water partition coefficient (Wildman–Crippen LogP) is 3.06. The molecule has 1 saturated heterocycles. The Labute approximate surface area is 136 Å². The Bertz CT molecular complexity index is 830. The number of rotatable bonds is 2. The maximum atomic E-state index is 4.76. The zero-order valence-electron chi connectivity index (χ0n) is 13.6. The van der Waals surface area contributed by atoms with Gasteiger partial charge >= 0.3 is 0 Å². The Morgan fingerprint density at radius 1 is 1.04 bits per heavy atom. The van der Waals surface area contributed by atoms with Crippen molar-refractivity contribution in [2.24, 2.45) is 7.05 Å². The van der Waals surface area contributed by atoms with Crippen LogP contribution in [0, 0.1) is 6.92 Å². The van der Waals surface area contributed by atoms with Crippen LogP contribution in [0.4, 0.5) is 5.95 Å². The number of hydrogen-bond acceptors (Lipinski definition) is 4. The van der Waals surface area contributed by atoms with E-state index in [-0.39, 0.29) is 0 Å². The Morgan fingerprint density at radius 2 is 1.83 bits per heavy atom. The van der Waals surface area contributed by atoms with Gasteiger partial charge in [-0.15, -0.1) is 0 Å². The van der Waals surface area contributed by atoms with Crippen molar-refractivity contribution in [3.63, 3.8) is 0 Å². The predicted molar refractivity (Wildman–Crippen MR) is 91.7 cm³/mol. The molecule has 1 aliphatic heterocycles. The van der Waals surface area contributed by atoms with Gasteiger partial charge in [-0.3, -0.25) is 4.68 Å². The molecule has 118 valence electrons. The lowest BCUT2D eigenvalue weighted by molar-refractivity contribution is 0.473.